The molecule has 0 radical (unpaired) electrons. The second-order valence-electron chi connectivity index (χ2n) is 9.77. The van der Waals surface area contributed by atoms with Gasteiger partial charge in [0.1, 0.15) is 6.04 Å². The normalized spacial score (nSPS) is 14.5. The minimum atomic E-state index is -0.809. The first-order valence-electron chi connectivity index (χ1n) is 13.9. The van der Waals surface area contributed by atoms with Crippen LogP contribution in [-0.2, 0) is 20.7 Å². The van der Waals surface area contributed by atoms with Crippen molar-refractivity contribution in [3.8, 4) is 34.5 Å². The number of benzene rings is 2. The number of methoxy groups -OCH3 is 6. The number of likely N-dealkylation sites (tertiary alicyclic amines) is 1. The van der Waals surface area contributed by atoms with Gasteiger partial charge in [-0.1, -0.05) is 0 Å². The molecule has 11 heteroatoms. The molecule has 230 valence electrons. The summed E-state index contributed by atoms with van der Waals surface area (Å²) in [5.41, 5.74) is 1.13. The van der Waals surface area contributed by atoms with Gasteiger partial charge in [-0.3, -0.25) is 9.59 Å². The summed E-state index contributed by atoms with van der Waals surface area (Å²) >= 11 is 0. The highest BCUT2D eigenvalue weighted by Crippen LogP contribution is 2.39. The zero-order valence-electron chi connectivity index (χ0n) is 25.3. The van der Waals surface area contributed by atoms with Crippen LogP contribution >= 0.6 is 0 Å². The number of aryl methyl sites for hydroxylation is 1. The Kier molecular flexibility index (Phi) is 12.1. The standard InChI is InChI=1S/C31H41NO10/c1-36-23-16-20(17-24(37-2)28(23)40-5)12-8-7-11-15-42-31(35)22-13-9-10-14-32(22)30(34)27(33)21-18-25(38-3)29(41-6)26(19-21)39-4/h16-19,22H,7-15H2,1-6H3/t22-/m0/s1. The van der Waals surface area contributed by atoms with E-state index in [1.807, 2.05) is 12.1 Å². The van der Waals surface area contributed by atoms with Crippen LogP contribution < -0.4 is 28.4 Å². The summed E-state index contributed by atoms with van der Waals surface area (Å²) in [5, 5.41) is 0. The third-order valence-electron chi connectivity index (χ3n) is 7.24. The Morgan fingerprint density at radius 2 is 1.26 bits per heavy atom. The molecule has 1 saturated heterocycles. The molecule has 2 aromatic carbocycles. The Morgan fingerprint density at radius 1 is 0.714 bits per heavy atom. The van der Waals surface area contributed by atoms with Crippen LogP contribution in [0.3, 0.4) is 0 Å². The SMILES string of the molecule is COc1cc(CCCCCOC(=O)[C@@H]2CCCCN2C(=O)C(=O)c2cc(OC)c(OC)c(OC)c2)cc(OC)c1OC. The molecule has 0 bridgehead atoms. The Labute approximate surface area is 246 Å². The summed E-state index contributed by atoms with van der Waals surface area (Å²) in [7, 11) is 9.04. The summed E-state index contributed by atoms with van der Waals surface area (Å²) in [6.07, 6.45) is 5.05. The number of unbranched alkanes of at least 4 members (excludes halogenated alkanes) is 2. The third-order valence-corrected chi connectivity index (χ3v) is 7.24. The maximum Gasteiger partial charge on any atom is 0.328 e. The van der Waals surface area contributed by atoms with E-state index in [2.05, 4.69) is 0 Å². The van der Waals surface area contributed by atoms with Crippen LogP contribution in [0.4, 0.5) is 0 Å². The van der Waals surface area contributed by atoms with Gasteiger partial charge in [0.2, 0.25) is 11.5 Å². The lowest BCUT2D eigenvalue weighted by atomic mass is 10.00. The van der Waals surface area contributed by atoms with E-state index in [9.17, 15) is 14.4 Å². The molecule has 1 aliphatic rings. The van der Waals surface area contributed by atoms with Crippen LogP contribution in [0.15, 0.2) is 24.3 Å². The van der Waals surface area contributed by atoms with Gasteiger partial charge in [-0.15, -0.1) is 0 Å². The smallest absolute Gasteiger partial charge is 0.328 e. The third kappa shape index (κ3) is 7.57. The molecule has 0 unspecified atom stereocenters. The lowest BCUT2D eigenvalue weighted by molar-refractivity contribution is -0.155. The van der Waals surface area contributed by atoms with Gasteiger partial charge in [0, 0.05) is 12.1 Å². The molecule has 1 aliphatic heterocycles. The Bertz CT molecular complexity index is 1190. The highest BCUT2D eigenvalue weighted by Gasteiger charge is 2.37. The van der Waals surface area contributed by atoms with E-state index in [0.717, 1.165) is 31.2 Å². The van der Waals surface area contributed by atoms with Crippen molar-refractivity contribution in [2.75, 3.05) is 55.8 Å². The van der Waals surface area contributed by atoms with Crippen LogP contribution in [0.5, 0.6) is 34.5 Å². The number of ketones is 1. The number of carbonyl (C=O) groups excluding carboxylic acids is 3. The molecule has 0 aromatic heterocycles. The van der Waals surface area contributed by atoms with Crippen molar-refractivity contribution in [3.05, 3.63) is 35.4 Å². The number of ether oxygens (including phenoxy) is 7. The van der Waals surface area contributed by atoms with Gasteiger partial charge in [0.15, 0.2) is 23.0 Å². The van der Waals surface area contributed by atoms with Gasteiger partial charge < -0.3 is 38.1 Å². The van der Waals surface area contributed by atoms with E-state index < -0.39 is 23.7 Å². The molecular formula is C31H41NO10. The molecule has 1 heterocycles. The molecule has 0 aliphatic carbocycles. The first kappa shape index (κ1) is 32.4. The molecule has 1 fully saturated rings. The van der Waals surface area contributed by atoms with E-state index in [4.69, 9.17) is 33.2 Å². The zero-order valence-corrected chi connectivity index (χ0v) is 25.3. The molecular weight excluding hydrogens is 546 g/mol. The minimum absolute atomic E-state index is 0.0827. The van der Waals surface area contributed by atoms with Crippen molar-refractivity contribution in [2.45, 2.75) is 51.0 Å². The number of rotatable bonds is 15. The number of amides is 1. The summed E-state index contributed by atoms with van der Waals surface area (Å²) in [5.74, 6) is 0.568. The van der Waals surface area contributed by atoms with Crippen molar-refractivity contribution in [3.63, 3.8) is 0 Å². The molecule has 0 saturated carbocycles. The number of esters is 1. The number of hydrogen-bond donors (Lipinski definition) is 0. The highest BCUT2D eigenvalue weighted by atomic mass is 16.5. The fraction of sp³-hybridized carbons (Fsp3) is 0.516. The van der Waals surface area contributed by atoms with E-state index in [0.29, 0.717) is 48.8 Å². The first-order valence-corrected chi connectivity index (χ1v) is 13.9. The van der Waals surface area contributed by atoms with E-state index in [1.54, 1.807) is 21.3 Å². The van der Waals surface area contributed by atoms with Crippen molar-refractivity contribution >= 4 is 17.7 Å². The first-order chi connectivity index (χ1) is 20.3. The van der Waals surface area contributed by atoms with Gasteiger partial charge in [-0.05, 0) is 74.8 Å². The predicted octanol–water partition coefficient (Wildman–Crippen LogP) is 4.26. The van der Waals surface area contributed by atoms with E-state index in [1.165, 1.54) is 38.4 Å². The molecule has 1 atom stereocenters. The molecule has 0 spiro atoms. The molecule has 2 aromatic rings. The maximum absolute atomic E-state index is 13.3. The molecule has 3 rings (SSSR count). The van der Waals surface area contributed by atoms with Crippen LogP contribution in [0.25, 0.3) is 0 Å². The highest BCUT2D eigenvalue weighted by molar-refractivity contribution is 6.43. The van der Waals surface area contributed by atoms with Crippen molar-refractivity contribution in [1.82, 2.24) is 4.90 Å². The Hall–Kier alpha value is -4.15. The monoisotopic (exact) mass is 587 g/mol. The Balaban J connectivity index is 1.55. The van der Waals surface area contributed by atoms with Crippen molar-refractivity contribution in [1.29, 1.82) is 0 Å². The van der Waals surface area contributed by atoms with E-state index >= 15 is 0 Å². The van der Waals surface area contributed by atoms with Gasteiger partial charge in [0.25, 0.3) is 11.7 Å². The maximum atomic E-state index is 13.3. The summed E-state index contributed by atoms with van der Waals surface area (Å²) < 4.78 is 37.7. The molecule has 42 heavy (non-hydrogen) atoms. The summed E-state index contributed by atoms with van der Waals surface area (Å²) in [6.45, 7) is 0.525. The van der Waals surface area contributed by atoms with Gasteiger partial charge >= 0.3 is 5.97 Å². The van der Waals surface area contributed by atoms with Crippen molar-refractivity contribution in [2.24, 2.45) is 0 Å². The second-order valence-corrected chi connectivity index (χ2v) is 9.77. The van der Waals surface area contributed by atoms with Gasteiger partial charge in [-0.2, -0.15) is 0 Å². The fourth-order valence-electron chi connectivity index (χ4n) is 5.04. The Morgan fingerprint density at radius 3 is 1.79 bits per heavy atom. The van der Waals surface area contributed by atoms with Crippen LogP contribution in [-0.4, -0.2) is 84.4 Å². The minimum Gasteiger partial charge on any atom is -0.493 e. The van der Waals surface area contributed by atoms with E-state index in [-0.39, 0.29) is 23.7 Å². The lowest BCUT2D eigenvalue weighted by Gasteiger charge is -2.33. The summed E-state index contributed by atoms with van der Waals surface area (Å²) in [6, 6.07) is 5.90. The lowest BCUT2D eigenvalue weighted by Crippen LogP contribution is -2.51. The largest absolute Gasteiger partial charge is 0.493 e. The number of hydrogen-bond acceptors (Lipinski definition) is 10. The van der Waals surface area contributed by atoms with Gasteiger partial charge in [-0.25, -0.2) is 4.79 Å². The van der Waals surface area contributed by atoms with Crippen LogP contribution in [0.1, 0.15) is 54.4 Å². The quantitative estimate of drug-likeness (QED) is 0.129. The topological polar surface area (TPSA) is 119 Å². The van der Waals surface area contributed by atoms with Crippen molar-refractivity contribution < 1.29 is 47.5 Å². The molecule has 11 nitrogen and oxygen atoms in total. The second kappa shape index (κ2) is 15.7. The zero-order chi connectivity index (χ0) is 30.6. The number of nitrogens with zero attached hydrogens (tertiary/aromatic N) is 1. The molecule has 1 amide bonds. The number of piperidine rings is 1. The van der Waals surface area contributed by atoms with Gasteiger partial charge in [0.05, 0.1) is 49.3 Å². The fourth-order valence-corrected chi connectivity index (χ4v) is 5.04. The number of carbonyl (C=O) groups is 3. The van der Waals surface area contributed by atoms with Crippen LogP contribution in [0, 0.1) is 0 Å². The average Bonchev–Trinajstić information content (AvgIpc) is 3.03. The average molecular weight is 588 g/mol. The summed E-state index contributed by atoms with van der Waals surface area (Å²) in [4.78, 5) is 40.8. The molecule has 0 N–H and O–H groups in total. The number of Topliss-reactive ketones (excluding diaryl/α,β-unsaturated/α-hetero) is 1. The van der Waals surface area contributed by atoms with Crippen LogP contribution in [0.2, 0.25) is 0 Å². The predicted molar refractivity (Wildman–Crippen MR) is 154 cm³/mol.